The van der Waals surface area contributed by atoms with Crippen LogP contribution >= 0.6 is 0 Å². The number of piperazine rings is 1. The van der Waals surface area contributed by atoms with Crippen molar-refractivity contribution in [3.05, 3.63) is 70.5 Å². The fourth-order valence-electron chi connectivity index (χ4n) is 3.99. The zero-order valence-corrected chi connectivity index (χ0v) is 17.1. The van der Waals surface area contributed by atoms with Crippen molar-refractivity contribution in [1.29, 1.82) is 0 Å². The molecule has 0 saturated carbocycles. The molecule has 1 N–H and O–H groups in total. The third kappa shape index (κ3) is 4.07. The molecule has 0 radical (unpaired) electrons. The normalized spacial score (nSPS) is 18.8. The van der Waals surface area contributed by atoms with Gasteiger partial charge in [0.25, 0.3) is 11.6 Å². The second-order valence-corrected chi connectivity index (χ2v) is 7.70. The molecule has 1 aromatic heterocycles. The van der Waals surface area contributed by atoms with E-state index in [0.29, 0.717) is 24.4 Å². The molecular weight excluding hydrogens is 400 g/mol. The van der Waals surface area contributed by atoms with Crippen molar-refractivity contribution < 1.29 is 18.9 Å². The number of amides is 3. The minimum absolute atomic E-state index is 0.0440. The molecule has 1 aliphatic heterocycles. The Morgan fingerprint density at radius 3 is 2.32 bits per heavy atom. The summed E-state index contributed by atoms with van der Waals surface area (Å²) in [6.07, 6.45) is 0. The zero-order chi connectivity index (χ0) is 22.1. The Labute approximate surface area is 178 Å². The Morgan fingerprint density at radius 2 is 1.71 bits per heavy atom. The lowest BCUT2D eigenvalue weighted by Crippen LogP contribution is -2.60. The number of hydrogen-bond donors (Lipinski definition) is 1. The quantitative estimate of drug-likeness (QED) is 0.505. The lowest BCUT2D eigenvalue weighted by Gasteiger charge is -2.44. The topological polar surface area (TPSA) is 109 Å². The van der Waals surface area contributed by atoms with Crippen LogP contribution in [0, 0.1) is 10.1 Å². The Bertz CT molecular complexity index is 1100. The summed E-state index contributed by atoms with van der Waals surface area (Å²) in [4.78, 5) is 39.5. The average Bonchev–Trinajstić information content (AvgIpc) is 3.17. The highest BCUT2D eigenvalue weighted by atomic mass is 16.6. The van der Waals surface area contributed by atoms with E-state index in [4.69, 9.17) is 4.42 Å². The highest BCUT2D eigenvalue weighted by Crippen LogP contribution is 2.24. The standard InChI is InChI=1S/C22H22N4O5/c1-14-12-24(21(27)20-11-16-5-3-4-6-19(16)31-20)13-15(2)25(14)22(28)23-17-7-9-18(10-8-17)26(29)30/h3-11,14-15H,12-13H2,1-2H3,(H,23,28). The second kappa shape index (κ2) is 8.10. The summed E-state index contributed by atoms with van der Waals surface area (Å²) >= 11 is 0. The van der Waals surface area contributed by atoms with Crippen molar-refractivity contribution in [2.45, 2.75) is 25.9 Å². The molecule has 3 amide bonds. The molecule has 1 fully saturated rings. The van der Waals surface area contributed by atoms with Gasteiger partial charge in [-0.3, -0.25) is 14.9 Å². The number of anilines is 1. The first-order valence-electron chi connectivity index (χ1n) is 9.95. The van der Waals surface area contributed by atoms with Gasteiger partial charge in [0, 0.05) is 48.4 Å². The fraction of sp³-hybridized carbons (Fsp3) is 0.273. The number of benzene rings is 2. The number of nitro benzene ring substituents is 1. The monoisotopic (exact) mass is 422 g/mol. The van der Waals surface area contributed by atoms with Gasteiger partial charge in [-0.05, 0) is 38.1 Å². The van der Waals surface area contributed by atoms with Crippen LogP contribution < -0.4 is 5.32 Å². The molecular formula is C22H22N4O5. The molecule has 0 bridgehead atoms. The van der Waals surface area contributed by atoms with Crippen molar-refractivity contribution >= 4 is 34.3 Å². The number of nitrogens with zero attached hydrogens (tertiary/aromatic N) is 3. The van der Waals surface area contributed by atoms with Crippen molar-refractivity contribution in [3.63, 3.8) is 0 Å². The van der Waals surface area contributed by atoms with Gasteiger partial charge >= 0.3 is 6.03 Å². The average molecular weight is 422 g/mol. The Hall–Kier alpha value is -3.88. The van der Waals surface area contributed by atoms with Crippen LogP contribution in [-0.2, 0) is 0 Å². The molecule has 2 aromatic carbocycles. The second-order valence-electron chi connectivity index (χ2n) is 7.70. The number of urea groups is 1. The Morgan fingerprint density at radius 1 is 1.06 bits per heavy atom. The molecule has 2 heterocycles. The molecule has 2 unspecified atom stereocenters. The molecule has 4 rings (SSSR count). The van der Waals surface area contributed by atoms with E-state index in [9.17, 15) is 19.7 Å². The number of fused-ring (bicyclic) bond motifs is 1. The van der Waals surface area contributed by atoms with Gasteiger partial charge in [0.1, 0.15) is 5.58 Å². The first kappa shape index (κ1) is 20.4. The lowest BCUT2D eigenvalue weighted by molar-refractivity contribution is -0.384. The summed E-state index contributed by atoms with van der Waals surface area (Å²) in [5.74, 6) is 0.0784. The highest BCUT2D eigenvalue weighted by molar-refractivity contribution is 5.96. The smallest absolute Gasteiger partial charge is 0.322 e. The summed E-state index contributed by atoms with van der Waals surface area (Å²) in [5, 5.41) is 14.4. The summed E-state index contributed by atoms with van der Waals surface area (Å²) in [6.45, 7) is 4.50. The van der Waals surface area contributed by atoms with Crippen molar-refractivity contribution in [2.24, 2.45) is 0 Å². The molecule has 1 aliphatic rings. The van der Waals surface area contributed by atoms with Gasteiger partial charge in [-0.1, -0.05) is 18.2 Å². The van der Waals surface area contributed by atoms with Crippen LogP contribution in [0.15, 0.2) is 59.0 Å². The van der Waals surface area contributed by atoms with Crippen molar-refractivity contribution in [2.75, 3.05) is 18.4 Å². The third-order valence-corrected chi connectivity index (χ3v) is 5.41. The van der Waals surface area contributed by atoms with Crippen molar-refractivity contribution in [3.8, 4) is 0 Å². The van der Waals surface area contributed by atoms with E-state index in [1.807, 2.05) is 38.1 Å². The highest BCUT2D eigenvalue weighted by Gasteiger charge is 2.36. The molecule has 160 valence electrons. The van der Waals surface area contributed by atoms with Crippen LogP contribution in [0.1, 0.15) is 24.4 Å². The van der Waals surface area contributed by atoms with Crippen LogP contribution in [0.5, 0.6) is 0 Å². The molecule has 9 heteroatoms. The largest absolute Gasteiger partial charge is 0.451 e. The number of rotatable bonds is 3. The van der Waals surface area contributed by atoms with E-state index < -0.39 is 4.92 Å². The van der Waals surface area contributed by atoms with Gasteiger partial charge in [-0.15, -0.1) is 0 Å². The number of nitro groups is 1. The van der Waals surface area contributed by atoms with E-state index in [2.05, 4.69) is 5.32 Å². The number of non-ortho nitro benzene ring substituents is 1. The van der Waals surface area contributed by atoms with Gasteiger partial charge < -0.3 is 19.5 Å². The predicted molar refractivity (Wildman–Crippen MR) is 115 cm³/mol. The van der Waals surface area contributed by atoms with Gasteiger partial charge in [-0.2, -0.15) is 0 Å². The van der Waals surface area contributed by atoms with Crippen molar-refractivity contribution in [1.82, 2.24) is 9.80 Å². The first-order chi connectivity index (χ1) is 14.8. The van der Waals surface area contributed by atoms with Crippen LogP contribution in [0.4, 0.5) is 16.2 Å². The van der Waals surface area contributed by atoms with E-state index in [1.54, 1.807) is 15.9 Å². The van der Waals surface area contributed by atoms with Crippen LogP contribution in [0.25, 0.3) is 11.0 Å². The molecule has 3 aromatic rings. The first-order valence-corrected chi connectivity index (χ1v) is 9.95. The summed E-state index contributed by atoms with van der Waals surface area (Å²) in [5.41, 5.74) is 1.08. The maximum absolute atomic E-state index is 13.0. The number of para-hydroxylation sites is 1. The Balaban J connectivity index is 1.43. The van der Waals surface area contributed by atoms with Gasteiger partial charge in [0.05, 0.1) is 4.92 Å². The van der Waals surface area contributed by atoms with E-state index in [-0.39, 0.29) is 35.5 Å². The van der Waals surface area contributed by atoms with Crippen LogP contribution in [-0.4, -0.2) is 51.8 Å². The molecule has 0 spiro atoms. The summed E-state index contributed by atoms with van der Waals surface area (Å²) in [6, 6.07) is 14.1. The minimum Gasteiger partial charge on any atom is -0.451 e. The van der Waals surface area contributed by atoms with Crippen LogP contribution in [0.3, 0.4) is 0 Å². The van der Waals surface area contributed by atoms with Gasteiger partial charge in [0.2, 0.25) is 0 Å². The van der Waals surface area contributed by atoms with Crippen LogP contribution in [0.2, 0.25) is 0 Å². The molecule has 9 nitrogen and oxygen atoms in total. The molecule has 0 aliphatic carbocycles. The number of furan rings is 1. The zero-order valence-electron chi connectivity index (χ0n) is 17.1. The molecule has 31 heavy (non-hydrogen) atoms. The number of carbonyl (C=O) groups is 2. The number of hydrogen-bond acceptors (Lipinski definition) is 5. The SMILES string of the molecule is CC1CN(C(=O)c2cc3ccccc3o2)CC(C)N1C(=O)Nc1ccc([N+](=O)[O-])cc1. The summed E-state index contributed by atoms with van der Waals surface area (Å²) < 4.78 is 5.70. The van der Waals surface area contributed by atoms with Gasteiger partial charge in [-0.25, -0.2) is 4.79 Å². The minimum atomic E-state index is -0.492. The lowest BCUT2D eigenvalue weighted by atomic mass is 10.1. The maximum atomic E-state index is 13.0. The predicted octanol–water partition coefficient (Wildman–Crippen LogP) is 4.11. The molecule has 1 saturated heterocycles. The number of nitrogens with one attached hydrogen (secondary N) is 1. The summed E-state index contributed by atoms with van der Waals surface area (Å²) in [7, 11) is 0. The fourth-order valence-corrected chi connectivity index (χ4v) is 3.99. The van der Waals surface area contributed by atoms with E-state index in [1.165, 1.54) is 24.3 Å². The van der Waals surface area contributed by atoms with E-state index in [0.717, 1.165) is 5.39 Å². The third-order valence-electron chi connectivity index (χ3n) is 5.41. The van der Waals surface area contributed by atoms with E-state index >= 15 is 0 Å². The van der Waals surface area contributed by atoms with Gasteiger partial charge in [0.15, 0.2) is 5.76 Å². The maximum Gasteiger partial charge on any atom is 0.322 e. The number of carbonyl (C=O) groups excluding carboxylic acids is 2. The molecule has 2 atom stereocenters. The Kier molecular flexibility index (Phi) is 5.33.